The lowest BCUT2D eigenvalue weighted by molar-refractivity contribution is 0.0697. The first-order valence-corrected chi connectivity index (χ1v) is 6.65. The van der Waals surface area contributed by atoms with E-state index in [4.69, 9.17) is 5.11 Å². The quantitative estimate of drug-likeness (QED) is 0.927. The number of nitrogens with zero attached hydrogens (tertiary/aromatic N) is 3. The van der Waals surface area contributed by atoms with Crippen molar-refractivity contribution < 1.29 is 9.90 Å². The van der Waals surface area contributed by atoms with Gasteiger partial charge in [0.1, 0.15) is 0 Å². The van der Waals surface area contributed by atoms with Crippen LogP contribution in [-0.4, -0.2) is 27.4 Å². The van der Waals surface area contributed by atoms with E-state index in [0.717, 1.165) is 36.6 Å². The van der Waals surface area contributed by atoms with Gasteiger partial charge in [-0.25, -0.2) is 4.79 Å². The zero-order valence-corrected chi connectivity index (χ0v) is 11.6. The van der Waals surface area contributed by atoms with Gasteiger partial charge in [0.05, 0.1) is 23.5 Å². The van der Waals surface area contributed by atoms with Gasteiger partial charge in [-0.05, 0) is 37.1 Å². The van der Waals surface area contributed by atoms with E-state index in [1.54, 1.807) is 12.1 Å². The fraction of sp³-hybridized carbons (Fsp3) is 0.333. The predicted molar refractivity (Wildman–Crippen MR) is 76.1 cm³/mol. The van der Waals surface area contributed by atoms with Crippen molar-refractivity contribution in [3.8, 4) is 0 Å². The molecule has 5 heteroatoms. The predicted octanol–water partition coefficient (Wildman–Crippen LogP) is 1.99. The minimum absolute atomic E-state index is 0.344. The van der Waals surface area contributed by atoms with Crippen LogP contribution in [0.2, 0.25) is 0 Å². The second kappa shape index (κ2) is 4.67. The molecule has 104 valence electrons. The van der Waals surface area contributed by atoms with Gasteiger partial charge in [0.2, 0.25) is 0 Å². The Morgan fingerprint density at radius 2 is 2.20 bits per heavy atom. The topological polar surface area (TPSA) is 58.4 Å². The highest BCUT2D eigenvalue weighted by atomic mass is 16.4. The molecule has 5 nitrogen and oxygen atoms in total. The minimum Gasteiger partial charge on any atom is -0.478 e. The fourth-order valence-corrected chi connectivity index (χ4v) is 2.75. The Labute approximate surface area is 117 Å². The number of carboxylic acids is 1. The van der Waals surface area contributed by atoms with E-state index in [0.29, 0.717) is 5.56 Å². The van der Waals surface area contributed by atoms with Crippen molar-refractivity contribution in [2.45, 2.75) is 19.9 Å². The Morgan fingerprint density at radius 3 is 2.85 bits per heavy atom. The average molecular weight is 271 g/mol. The molecule has 3 rings (SSSR count). The molecule has 0 amide bonds. The van der Waals surface area contributed by atoms with Crippen molar-refractivity contribution in [3.05, 3.63) is 46.8 Å². The Balaban J connectivity index is 1.90. The van der Waals surface area contributed by atoms with Crippen molar-refractivity contribution in [2.24, 2.45) is 7.05 Å². The van der Waals surface area contributed by atoms with E-state index in [1.807, 2.05) is 24.7 Å². The zero-order valence-electron chi connectivity index (χ0n) is 11.6. The maximum absolute atomic E-state index is 11.1. The number of aromatic carboxylic acids is 1. The van der Waals surface area contributed by atoms with E-state index < -0.39 is 5.97 Å². The summed E-state index contributed by atoms with van der Waals surface area (Å²) in [4.78, 5) is 13.3. The van der Waals surface area contributed by atoms with Crippen LogP contribution < -0.4 is 4.90 Å². The van der Waals surface area contributed by atoms with Crippen molar-refractivity contribution in [1.29, 1.82) is 0 Å². The molecule has 0 fully saturated rings. The molecule has 0 aliphatic carbocycles. The SMILES string of the molecule is Cc1cc(CN2CCc3ccc(C(=O)O)cc32)n(C)n1. The lowest BCUT2D eigenvalue weighted by atomic mass is 10.1. The second-order valence-electron chi connectivity index (χ2n) is 5.22. The number of aryl methyl sites for hydroxylation is 2. The normalized spacial score (nSPS) is 13.6. The third kappa shape index (κ3) is 2.15. The number of aromatic nitrogens is 2. The maximum atomic E-state index is 11.1. The summed E-state index contributed by atoms with van der Waals surface area (Å²) in [5, 5.41) is 13.5. The monoisotopic (exact) mass is 271 g/mol. The summed E-state index contributed by atoms with van der Waals surface area (Å²) in [5.74, 6) is -0.879. The molecule has 0 unspecified atom stereocenters. The fourth-order valence-electron chi connectivity index (χ4n) is 2.75. The first-order valence-electron chi connectivity index (χ1n) is 6.65. The molecule has 1 aromatic carbocycles. The van der Waals surface area contributed by atoms with Crippen LogP contribution in [0, 0.1) is 6.92 Å². The summed E-state index contributed by atoms with van der Waals surface area (Å²) in [6.07, 6.45) is 0.964. The van der Waals surface area contributed by atoms with Gasteiger partial charge in [-0.15, -0.1) is 0 Å². The number of anilines is 1. The first kappa shape index (κ1) is 12.7. The van der Waals surface area contributed by atoms with Crippen molar-refractivity contribution in [3.63, 3.8) is 0 Å². The van der Waals surface area contributed by atoms with E-state index in [-0.39, 0.29) is 0 Å². The third-order valence-corrected chi connectivity index (χ3v) is 3.78. The van der Waals surface area contributed by atoms with Crippen molar-refractivity contribution >= 4 is 11.7 Å². The Bertz CT molecular complexity index is 676. The Hall–Kier alpha value is -2.30. The second-order valence-corrected chi connectivity index (χ2v) is 5.22. The lowest BCUT2D eigenvalue weighted by Gasteiger charge is -2.19. The zero-order chi connectivity index (χ0) is 14.3. The number of rotatable bonds is 3. The molecule has 2 heterocycles. The standard InChI is InChI=1S/C15H17N3O2/c1-10-7-13(17(2)16-10)9-18-6-5-11-3-4-12(15(19)20)8-14(11)18/h3-4,7-8H,5-6,9H2,1-2H3,(H,19,20). The molecule has 2 aromatic rings. The van der Waals surface area contributed by atoms with Gasteiger partial charge in [0.15, 0.2) is 0 Å². The van der Waals surface area contributed by atoms with Crippen molar-refractivity contribution in [1.82, 2.24) is 9.78 Å². The minimum atomic E-state index is -0.879. The number of hydrogen-bond donors (Lipinski definition) is 1. The van der Waals surface area contributed by atoms with Gasteiger partial charge in [0, 0.05) is 19.3 Å². The van der Waals surface area contributed by atoms with Gasteiger partial charge in [-0.1, -0.05) is 6.07 Å². The number of carboxylic acid groups (broad SMARTS) is 1. The van der Waals surface area contributed by atoms with Gasteiger partial charge in [-0.3, -0.25) is 4.68 Å². The molecular weight excluding hydrogens is 254 g/mol. The molecule has 0 spiro atoms. The third-order valence-electron chi connectivity index (χ3n) is 3.78. The van der Waals surface area contributed by atoms with Gasteiger partial charge >= 0.3 is 5.97 Å². The molecule has 20 heavy (non-hydrogen) atoms. The highest BCUT2D eigenvalue weighted by molar-refractivity contribution is 5.89. The molecule has 1 N–H and O–H groups in total. The summed E-state index contributed by atoms with van der Waals surface area (Å²) < 4.78 is 1.88. The number of fused-ring (bicyclic) bond motifs is 1. The molecule has 1 aliphatic heterocycles. The molecule has 0 radical (unpaired) electrons. The van der Waals surface area contributed by atoms with Gasteiger partial charge in [-0.2, -0.15) is 5.10 Å². The summed E-state index contributed by atoms with van der Waals surface area (Å²) >= 11 is 0. The van der Waals surface area contributed by atoms with Crippen LogP contribution in [0.5, 0.6) is 0 Å². The van der Waals surface area contributed by atoms with Crippen LogP contribution in [0.1, 0.15) is 27.3 Å². The average Bonchev–Trinajstić information content (AvgIpc) is 2.93. The van der Waals surface area contributed by atoms with E-state index in [2.05, 4.69) is 16.1 Å². The van der Waals surface area contributed by atoms with Gasteiger partial charge in [0.25, 0.3) is 0 Å². The van der Waals surface area contributed by atoms with E-state index in [9.17, 15) is 4.79 Å². The molecule has 1 aromatic heterocycles. The van der Waals surface area contributed by atoms with E-state index >= 15 is 0 Å². The highest BCUT2D eigenvalue weighted by Crippen LogP contribution is 2.30. The molecular formula is C15H17N3O2. The van der Waals surface area contributed by atoms with E-state index in [1.165, 1.54) is 5.56 Å². The lowest BCUT2D eigenvalue weighted by Crippen LogP contribution is -2.21. The van der Waals surface area contributed by atoms with Crippen molar-refractivity contribution in [2.75, 3.05) is 11.4 Å². The van der Waals surface area contributed by atoms with Crippen LogP contribution in [0.25, 0.3) is 0 Å². The van der Waals surface area contributed by atoms with Crippen LogP contribution in [-0.2, 0) is 20.0 Å². The van der Waals surface area contributed by atoms with Gasteiger partial charge < -0.3 is 10.0 Å². The van der Waals surface area contributed by atoms with Crippen LogP contribution in [0.4, 0.5) is 5.69 Å². The Kier molecular flexibility index (Phi) is 2.97. The molecule has 1 aliphatic rings. The summed E-state index contributed by atoms with van der Waals surface area (Å²) in [6, 6.07) is 7.44. The highest BCUT2D eigenvalue weighted by Gasteiger charge is 2.21. The molecule has 0 saturated heterocycles. The number of hydrogen-bond acceptors (Lipinski definition) is 3. The summed E-state index contributed by atoms with van der Waals surface area (Å²) in [5.41, 5.74) is 4.73. The smallest absolute Gasteiger partial charge is 0.335 e. The van der Waals surface area contributed by atoms with Crippen LogP contribution in [0.15, 0.2) is 24.3 Å². The first-order chi connectivity index (χ1) is 9.54. The number of benzene rings is 1. The van der Waals surface area contributed by atoms with Crippen LogP contribution >= 0.6 is 0 Å². The Morgan fingerprint density at radius 1 is 1.40 bits per heavy atom. The molecule has 0 bridgehead atoms. The summed E-state index contributed by atoms with van der Waals surface area (Å²) in [6.45, 7) is 3.65. The van der Waals surface area contributed by atoms with Crippen LogP contribution in [0.3, 0.4) is 0 Å². The largest absolute Gasteiger partial charge is 0.478 e. The maximum Gasteiger partial charge on any atom is 0.335 e. The number of carbonyl (C=O) groups is 1. The summed E-state index contributed by atoms with van der Waals surface area (Å²) in [7, 11) is 1.94. The molecule has 0 saturated carbocycles. The molecule has 0 atom stereocenters.